The van der Waals surface area contributed by atoms with Crippen LogP contribution in [0.3, 0.4) is 0 Å². The van der Waals surface area contributed by atoms with Crippen LogP contribution in [-0.4, -0.2) is 46.1 Å². The van der Waals surface area contributed by atoms with Gasteiger partial charge in [-0.05, 0) is 13.8 Å². The predicted molar refractivity (Wildman–Crippen MR) is 42.8 cm³/mol. The van der Waals surface area contributed by atoms with Gasteiger partial charge in [0.2, 0.25) is 0 Å². The third kappa shape index (κ3) is 4.27. The highest BCUT2D eigenvalue weighted by Gasteiger charge is 2.29. The highest BCUT2D eigenvalue weighted by Crippen LogP contribution is 2.00. The molecule has 0 bridgehead atoms. The second-order valence-corrected chi connectivity index (χ2v) is 3.06. The Morgan fingerprint density at radius 2 is 2.17 bits per heavy atom. The van der Waals surface area contributed by atoms with E-state index in [9.17, 15) is 4.79 Å². The molecule has 0 aromatic heterocycles. The van der Waals surface area contributed by atoms with E-state index < -0.39 is 17.7 Å². The largest absolute Gasteiger partial charge is 0.479 e. The van der Waals surface area contributed by atoms with Crippen molar-refractivity contribution >= 4 is 5.97 Å². The second kappa shape index (κ2) is 4.39. The van der Waals surface area contributed by atoms with Gasteiger partial charge < -0.3 is 20.6 Å². The van der Waals surface area contributed by atoms with Crippen molar-refractivity contribution in [1.29, 1.82) is 0 Å². The molecule has 0 rings (SSSR count). The van der Waals surface area contributed by atoms with E-state index in [4.69, 9.17) is 15.3 Å². The van der Waals surface area contributed by atoms with Gasteiger partial charge in [0.15, 0.2) is 5.60 Å². The van der Waals surface area contributed by atoms with Gasteiger partial charge >= 0.3 is 5.97 Å². The third-order valence-corrected chi connectivity index (χ3v) is 1.37. The smallest absolute Gasteiger partial charge is 0.336 e. The average Bonchev–Trinajstić information content (AvgIpc) is 1.85. The molecule has 2 atom stereocenters. The Kier molecular flexibility index (Phi) is 4.16. The summed E-state index contributed by atoms with van der Waals surface area (Å²) in [5.41, 5.74) is -1.77. The molecule has 0 heterocycles. The monoisotopic (exact) mass is 177 g/mol. The van der Waals surface area contributed by atoms with Gasteiger partial charge in [-0.2, -0.15) is 0 Å². The molecular weight excluding hydrogens is 162 g/mol. The highest BCUT2D eigenvalue weighted by atomic mass is 16.4. The number of hydrogen-bond acceptors (Lipinski definition) is 4. The first-order chi connectivity index (χ1) is 5.36. The highest BCUT2D eigenvalue weighted by molar-refractivity contribution is 5.76. The molecule has 0 radical (unpaired) electrons. The maximum absolute atomic E-state index is 10.3. The third-order valence-electron chi connectivity index (χ3n) is 1.37. The zero-order valence-electron chi connectivity index (χ0n) is 7.24. The van der Waals surface area contributed by atoms with Crippen LogP contribution in [0.5, 0.6) is 0 Å². The molecule has 2 unspecified atom stereocenters. The lowest BCUT2D eigenvalue weighted by atomic mass is 10.1. The summed E-state index contributed by atoms with van der Waals surface area (Å²) >= 11 is 0. The Balaban J connectivity index is 3.69. The molecule has 0 saturated heterocycles. The zero-order valence-corrected chi connectivity index (χ0v) is 7.24. The quantitative estimate of drug-likeness (QED) is 0.423. The molecule has 0 fully saturated rings. The van der Waals surface area contributed by atoms with Gasteiger partial charge in [0.05, 0.1) is 6.10 Å². The summed E-state index contributed by atoms with van der Waals surface area (Å²) in [7, 11) is 0. The molecule has 72 valence electrons. The summed E-state index contributed by atoms with van der Waals surface area (Å²) in [4.78, 5) is 10.3. The van der Waals surface area contributed by atoms with Crippen molar-refractivity contribution in [3.8, 4) is 0 Å². The van der Waals surface area contributed by atoms with E-state index in [1.165, 1.54) is 6.92 Å². The molecule has 5 heteroatoms. The SMILES string of the molecule is CC(O)CNCC(C)(O)C(=O)O. The number of carbonyl (C=O) groups is 1. The number of aliphatic carboxylic acids is 1. The first-order valence-electron chi connectivity index (χ1n) is 3.71. The second-order valence-electron chi connectivity index (χ2n) is 3.06. The molecule has 0 aliphatic rings. The first-order valence-corrected chi connectivity index (χ1v) is 3.71. The lowest BCUT2D eigenvalue weighted by Crippen LogP contribution is -2.46. The van der Waals surface area contributed by atoms with E-state index in [2.05, 4.69) is 5.32 Å². The van der Waals surface area contributed by atoms with Crippen molar-refractivity contribution in [3.05, 3.63) is 0 Å². The lowest BCUT2D eigenvalue weighted by Gasteiger charge is -2.18. The van der Waals surface area contributed by atoms with Crippen molar-refractivity contribution in [2.75, 3.05) is 13.1 Å². The Morgan fingerprint density at radius 3 is 2.50 bits per heavy atom. The number of carboxylic acids is 1. The summed E-state index contributed by atoms with van der Waals surface area (Å²) in [6.45, 7) is 2.96. The summed E-state index contributed by atoms with van der Waals surface area (Å²) in [6, 6.07) is 0. The van der Waals surface area contributed by atoms with E-state index in [1.807, 2.05) is 0 Å². The topological polar surface area (TPSA) is 89.8 Å². The van der Waals surface area contributed by atoms with Crippen molar-refractivity contribution in [1.82, 2.24) is 5.32 Å². The van der Waals surface area contributed by atoms with Crippen molar-refractivity contribution in [3.63, 3.8) is 0 Å². The van der Waals surface area contributed by atoms with Crippen LogP contribution in [0, 0.1) is 0 Å². The van der Waals surface area contributed by atoms with Gasteiger partial charge in [-0.3, -0.25) is 0 Å². The summed E-state index contributed by atoms with van der Waals surface area (Å²) in [6.07, 6.45) is -0.547. The molecule has 0 aliphatic carbocycles. The van der Waals surface area contributed by atoms with Crippen LogP contribution < -0.4 is 5.32 Å². The summed E-state index contributed by atoms with van der Waals surface area (Å²) in [5.74, 6) is -1.28. The average molecular weight is 177 g/mol. The zero-order chi connectivity index (χ0) is 9.78. The normalized spacial score (nSPS) is 18.3. The lowest BCUT2D eigenvalue weighted by molar-refractivity contribution is -0.156. The summed E-state index contributed by atoms with van der Waals surface area (Å²) in [5, 5.41) is 29.0. The van der Waals surface area contributed by atoms with Crippen LogP contribution in [0.2, 0.25) is 0 Å². The van der Waals surface area contributed by atoms with Crippen LogP contribution in [0.1, 0.15) is 13.8 Å². The van der Waals surface area contributed by atoms with Gasteiger partial charge in [-0.15, -0.1) is 0 Å². The molecule has 0 spiro atoms. The van der Waals surface area contributed by atoms with Gasteiger partial charge in [-0.1, -0.05) is 0 Å². The van der Waals surface area contributed by atoms with Crippen LogP contribution in [0.15, 0.2) is 0 Å². The van der Waals surface area contributed by atoms with Crippen LogP contribution in [0.25, 0.3) is 0 Å². The van der Waals surface area contributed by atoms with Gasteiger partial charge in [-0.25, -0.2) is 4.79 Å². The van der Waals surface area contributed by atoms with E-state index in [0.717, 1.165) is 0 Å². The Morgan fingerprint density at radius 1 is 1.67 bits per heavy atom. The van der Waals surface area contributed by atoms with E-state index >= 15 is 0 Å². The minimum absolute atomic E-state index is 0.0762. The minimum Gasteiger partial charge on any atom is -0.479 e. The molecule has 0 aliphatic heterocycles. The Bertz CT molecular complexity index is 155. The van der Waals surface area contributed by atoms with Crippen LogP contribution in [0.4, 0.5) is 0 Å². The molecule has 0 aromatic rings. The van der Waals surface area contributed by atoms with Crippen molar-refractivity contribution in [2.24, 2.45) is 0 Å². The van der Waals surface area contributed by atoms with E-state index in [-0.39, 0.29) is 13.1 Å². The predicted octanol–water partition coefficient (Wildman–Crippen LogP) is -1.21. The number of rotatable bonds is 5. The number of carboxylic acid groups (broad SMARTS) is 1. The fourth-order valence-corrected chi connectivity index (χ4v) is 0.600. The molecule has 0 saturated carbocycles. The van der Waals surface area contributed by atoms with Gasteiger partial charge in [0.1, 0.15) is 0 Å². The molecule has 5 nitrogen and oxygen atoms in total. The Hall–Kier alpha value is -0.650. The van der Waals surface area contributed by atoms with Crippen molar-refractivity contribution in [2.45, 2.75) is 25.6 Å². The fourth-order valence-electron chi connectivity index (χ4n) is 0.600. The van der Waals surface area contributed by atoms with Crippen molar-refractivity contribution < 1.29 is 20.1 Å². The fraction of sp³-hybridized carbons (Fsp3) is 0.857. The van der Waals surface area contributed by atoms with Gasteiger partial charge in [0.25, 0.3) is 0 Å². The first kappa shape index (κ1) is 11.4. The van der Waals surface area contributed by atoms with E-state index in [1.54, 1.807) is 6.92 Å². The van der Waals surface area contributed by atoms with Gasteiger partial charge in [0, 0.05) is 13.1 Å². The standard InChI is InChI=1S/C7H15NO4/c1-5(9)3-8-4-7(2,12)6(10)11/h5,8-9,12H,3-4H2,1-2H3,(H,10,11). The number of aliphatic hydroxyl groups excluding tert-OH is 1. The summed E-state index contributed by atoms with van der Waals surface area (Å²) < 4.78 is 0. The molecule has 0 amide bonds. The number of nitrogens with one attached hydrogen (secondary N) is 1. The van der Waals surface area contributed by atoms with E-state index in [0.29, 0.717) is 0 Å². The van der Waals surface area contributed by atoms with Crippen LogP contribution >= 0.6 is 0 Å². The minimum atomic E-state index is -1.77. The molecule has 4 N–H and O–H groups in total. The number of hydrogen-bond donors (Lipinski definition) is 4. The maximum Gasteiger partial charge on any atom is 0.336 e. The Labute approximate surface area is 71.0 Å². The molecular formula is C7H15NO4. The molecule has 0 aromatic carbocycles. The molecule has 12 heavy (non-hydrogen) atoms. The number of aliphatic hydroxyl groups is 2. The maximum atomic E-state index is 10.3. The van der Waals surface area contributed by atoms with Crippen LogP contribution in [-0.2, 0) is 4.79 Å².